The van der Waals surface area contributed by atoms with Crippen LogP contribution in [0.2, 0.25) is 0 Å². The molecular weight excluding hydrogens is 520 g/mol. The SMILES string of the molecule is CC(CN=C(CC(=[OH+])c1ccccc1)c1ccccc1)N=C(CC(=[OH+])c1ccccc1)c1ccccc1.[Cu]. The molecule has 0 amide bonds. The van der Waals surface area contributed by atoms with E-state index in [9.17, 15) is 9.59 Å². The molecule has 1 unspecified atom stereocenters. The van der Waals surface area contributed by atoms with E-state index in [1.54, 1.807) is 0 Å². The molecule has 0 spiro atoms. The predicted molar refractivity (Wildman–Crippen MR) is 154 cm³/mol. The molecular formula is C33H32CuN2O2+2. The Labute approximate surface area is 235 Å². The van der Waals surface area contributed by atoms with Crippen LogP contribution in [-0.4, -0.2) is 45.2 Å². The summed E-state index contributed by atoms with van der Waals surface area (Å²) in [5, 5.41) is 0. The van der Waals surface area contributed by atoms with Gasteiger partial charge < -0.3 is 0 Å². The molecule has 1 atom stereocenters. The number of hydrogen-bond acceptors (Lipinski definition) is 2. The van der Waals surface area contributed by atoms with E-state index in [4.69, 9.17) is 9.98 Å². The summed E-state index contributed by atoms with van der Waals surface area (Å²) in [4.78, 5) is 31.5. The van der Waals surface area contributed by atoms with Crippen LogP contribution in [0.25, 0.3) is 0 Å². The van der Waals surface area contributed by atoms with Crippen molar-refractivity contribution in [1.29, 1.82) is 0 Å². The number of aliphatic imine (C=N–C) groups is 2. The summed E-state index contributed by atoms with van der Waals surface area (Å²) in [5.41, 5.74) is 5.14. The Hall–Kier alpha value is -3.92. The van der Waals surface area contributed by atoms with Crippen LogP contribution < -0.4 is 0 Å². The summed E-state index contributed by atoms with van der Waals surface area (Å²) < 4.78 is 0. The molecule has 0 saturated carbocycles. The van der Waals surface area contributed by atoms with Crippen molar-refractivity contribution in [1.82, 2.24) is 0 Å². The third-order valence-electron chi connectivity index (χ3n) is 6.02. The van der Waals surface area contributed by atoms with Crippen molar-refractivity contribution in [3.63, 3.8) is 0 Å². The van der Waals surface area contributed by atoms with Gasteiger partial charge in [-0.25, -0.2) is 0 Å². The van der Waals surface area contributed by atoms with E-state index in [2.05, 4.69) is 0 Å². The van der Waals surface area contributed by atoms with Crippen LogP contribution in [0.1, 0.15) is 42.0 Å². The van der Waals surface area contributed by atoms with E-state index in [1.165, 1.54) is 0 Å². The standard InChI is InChI=1S/C33H30N2O2.Cu/c1-25(35-31(27-16-8-3-9-17-27)23-33(37)29-20-12-5-13-21-29)24-34-30(26-14-6-2-7-15-26)22-32(36)28-18-10-4-11-19-28;/h2-21,25H,22-24H2,1H3;/p+2. The molecule has 1 radical (unpaired) electrons. The second-order valence-electron chi connectivity index (χ2n) is 8.92. The van der Waals surface area contributed by atoms with Crippen LogP contribution in [0.5, 0.6) is 0 Å². The Kier molecular flexibility index (Phi) is 11.1. The normalized spacial score (nSPS) is 12.3. The first-order valence-electron chi connectivity index (χ1n) is 12.5. The maximum absolute atomic E-state index is 10.8. The summed E-state index contributed by atoms with van der Waals surface area (Å²) in [5.74, 6) is 0.568. The predicted octanol–water partition coefficient (Wildman–Crippen LogP) is 6.32. The van der Waals surface area contributed by atoms with Crippen molar-refractivity contribution in [3.8, 4) is 0 Å². The van der Waals surface area contributed by atoms with Gasteiger partial charge in [0.05, 0.1) is 35.1 Å². The van der Waals surface area contributed by atoms with Gasteiger partial charge in [0.25, 0.3) is 0 Å². The molecule has 0 fully saturated rings. The van der Waals surface area contributed by atoms with Gasteiger partial charge in [0.15, 0.2) is 0 Å². The first-order valence-corrected chi connectivity index (χ1v) is 12.5. The van der Waals surface area contributed by atoms with Gasteiger partial charge in [-0.05, 0) is 42.3 Å². The molecule has 0 aliphatic heterocycles. The van der Waals surface area contributed by atoms with Gasteiger partial charge in [0.2, 0.25) is 0 Å². The van der Waals surface area contributed by atoms with Crippen molar-refractivity contribution in [2.45, 2.75) is 25.8 Å². The number of rotatable bonds is 11. The molecule has 4 aromatic carbocycles. The second kappa shape index (κ2) is 14.7. The quantitative estimate of drug-likeness (QED) is 0.0906. The van der Waals surface area contributed by atoms with E-state index < -0.39 is 0 Å². The Bertz CT molecular complexity index is 1370. The van der Waals surface area contributed by atoms with Gasteiger partial charge in [-0.3, -0.25) is 19.6 Å². The molecule has 0 aliphatic carbocycles. The van der Waals surface area contributed by atoms with E-state index >= 15 is 0 Å². The second-order valence-corrected chi connectivity index (χ2v) is 8.92. The molecule has 4 nitrogen and oxygen atoms in total. The van der Waals surface area contributed by atoms with Gasteiger partial charge in [-0.1, -0.05) is 97.1 Å². The number of hydrogen-bond donors (Lipinski definition) is 0. The van der Waals surface area contributed by atoms with E-state index in [-0.39, 0.29) is 34.7 Å². The zero-order chi connectivity index (χ0) is 25.9. The summed E-state index contributed by atoms with van der Waals surface area (Å²) in [6.07, 6.45) is 0.661. The first kappa shape index (κ1) is 28.6. The summed E-state index contributed by atoms with van der Waals surface area (Å²) in [6.45, 7) is 2.48. The fourth-order valence-electron chi connectivity index (χ4n) is 4.06. The molecule has 2 N–H and O–H groups in total. The first-order chi connectivity index (χ1) is 18.1. The third-order valence-corrected chi connectivity index (χ3v) is 6.02. The van der Waals surface area contributed by atoms with Crippen LogP contribution >= 0.6 is 0 Å². The van der Waals surface area contributed by atoms with Crippen molar-refractivity contribution in [2.24, 2.45) is 9.98 Å². The van der Waals surface area contributed by atoms with Gasteiger partial charge >= 0.3 is 11.6 Å². The summed E-state index contributed by atoms with van der Waals surface area (Å²) in [7, 11) is 0. The fraction of sp³-hybridized carbons (Fsp3) is 0.152. The Balaban J connectivity index is 0.00000400. The summed E-state index contributed by atoms with van der Waals surface area (Å²) in [6, 6.07) is 38.8. The van der Waals surface area contributed by atoms with Gasteiger partial charge in [0.1, 0.15) is 12.8 Å². The number of benzene rings is 4. The average molecular weight is 552 g/mol. The van der Waals surface area contributed by atoms with Gasteiger partial charge in [-0.2, -0.15) is 0 Å². The van der Waals surface area contributed by atoms with E-state index in [1.807, 2.05) is 128 Å². The molecule has 38 heavy (non-hydrogen) atoms. The minimum absolute atomic E-state index is 0. The fourth-order valence-corrected chi connectivity index (χ4v) is 4.06. The molecule has 4 rings (SSSR count). The van der Waals surface area contributed by atoms with Crippen LogP contribution in [0.15, 0.2) is 131 Å². The third kappa shape index (κ3) is 8.31. The Morgan fingerprint density at radius 1 is 0.553 bits per heavy atom. The van der Waals surface area contributed by atoms with Crippen molar-refractivity contribution in [3.05, 3.63) is 144 Å². The topological polar surface area (TPSA) is 67.5 Å². The minimum Gasteiger partial charge on any atom is -0.286 e. The molecule has 4 aromatic rings. The van der Waals surface area contributed by atoms with Gasteiger partial charge in [0, 0.05) is 17.1 Å². The molecule has 0 saturated heterocycles. The molecule has 5 heteroatoms. The van der Waals surface area contributed by atoms with Crippen LogP contribution in [0, 0.1) is 0 Å². The summed E-state index contributed by atoms with van der Waals surface area (Å²) >= 11 is 0. The van der Waals surface area contributed by atoms with Crippen LogP contribution in [0.4, 0.5) is 0 Å². The molecule has 0 heterocycles. The minimum atomic E-state index is -0.128. The van der Waals surface area contributed by atoms with Crippen molar-refractivity contribution >= 4 is 23.0 Å². The Morgan fingerprint density at radius 2 is 0.895 bits per heavy atom. The number of carbonyl (C=O) groups excluding carboxylic acids is 2. The van der Waals surface area contributed by atoms with Crippen molar-refractivity contribution < 1.29 is 26.7 Å². The largest absolute Gasteiger partial charge is 0.329 e. The van der Waals surface area contributed by atoms with E-state index in [0.717, 1.165) is 33.7 Å². The maximum Gasteiger partial charge on any atom is 0.329 e. The smallest absolute Gasteiger partial charge is 0.286 e. The zero-order valence-electron chi connectivity index (χ0n) is 21.3. The maximum atomic E-state index is 10.8. The van der Waals surface area contributed by atoms with Crippen LogP contribution in [0.3, 0.4) is 0 Å². The Morgan fingerprint density at radius 3 is 1.32 bits per heavy atom. The monoisotopic (exact) mass is 551 g/mol. The number of ketones is 2. The van der Waals surface area contributed by atoms with Gasteiger partial charge in [-0.15, -0.1) is 0 Å². The number of nitrogens with zero attached hydrogens (tertiary/aromatic N) is 2. The molecule has 0 aliphatic rings. The van der Waals surface area contributed by atoms with E-state index in [0.29, 0.717) is 19.4 Å². The van der Waals surface area contributed by atoms with Crippen molar-refractivity contribution in [2.75, 3.05) is 6.54 Å². The average Bonchev–Trinajstić information content (AvgIpc) is 2.96. The molecule has 195 valence electrons. The molecule has 0 bridgehead atoms. The zero-order valence-corrected chi connectivity index (χ0v) is 22.3. The van der Waals surface area contributed by atoms with Crippen LogP contribution in [-0.2, 0) is 17.1 Å². The molecule has 0 aromatic heterocycles.